The van der Waals surface area contributed by atoms with Gasteiger partial charge in [0, 0.05) is 18.6 Å². The van der Waals surface area contributed by atoms with Crippen molar-refractivity contribution < 1.29 is 0 Å². The van der Waals surface area contributed by atoms with E-state index in [-0.39, 0.29) is 0 Å². The molecule has 2 atom stereocenters. The van der Waals surface area contributed by atoms with Gasteiger partial charge in [0.2, 0.25) is 0 Å². The second-order valence-electron chi connectivity index (χ2n) is 5.85. The summed E-state index contributed by atoms with van der Waals surface area (Å²) in [6.07, 6.45) is 2.44. The second-order valence-corrected chi connectivity index (χ2v) is 5.85. The zero-order valence-corrected chi connectivity index (χ0v) is 13.5. The van der Waals surface area contributed by atoms with Gasteiger partial charge in [0.15, 0.2) is 0 Å². The van der Waals surface area contributed by atoms with Gasteiger partial charge in [-0.15, -0.1) is 0 Å². The van der Waals surface area contributed by atoms with Crippen LogP contribution in [0.15, 0.2) is 12.1 Å². The van der Waals surface area contributed by atoms with Crippen LogP contribution in [0.3, 0.4) is 0 Å². The molecule has 0 radical (unpaired) electrons. The summed E-state index contributed by atoms with van der Waals surface area (Å²) < 4.78 is 0. The van der Waals surface area contributed by atoms with E-state index < -0.39 is 0 Å². The van der Waals surface area contributed by atoms with Gasteiger partial charge in [-0.1, -0.05) is 25.5 Å². The van der Waals surface area contributed by atoms with E-state index in [0.29, 0.717) is 18.6 Å². The highest BCUT2D eigenvalue weighted by Crippen LogP contribution is 2.27. The summed E-state index contributed by atoms with van der Waals surface area (Å²) >= 11 is 0. The van der Waals surface area contributed by atoms with Crippen molar-refractivity contribution in [1.29, 1.82) is 0 Å². The van der Waals surface area contributed by atoms with Crippen LogP contribution in [-0.2, 0) is 0 Å². The molecule has 0 bridgehead atoms. The molecule has 0 fully saturated rings. The summed E-state index contributed by atoms with van der Waals surface area (Å²) in [5, 5.41) is 0. The summed E-state index contributed by atoms with van der Waals surface area (Å²) in [6, 6.07) is 5.49. The molecule has 2 heteroatoms. The summed E-state index contributed by atoms with van der Waals surface area (Å²) in [5.41, 5.74) is 11.5. The molecule has 0 heterocycles. The topological polar surface area (TPSA) is 29.3 Å². The zero-order valence-electron chi connectivity index (χ0n) is 13.5. The molecule has 108 valence electrons. The van der Waals surface area contributed by atoms with Crippen molar-refractivity contribution in [3.8, 4) is 0 Å². The normalized spacial score (nSPS) is 14.7. The van der Waals surface area contributed by atoms with Crippen LogP contribution in [0.5, 0.6) is 0 Å². The second kappa shape index (κ2) is 7.06. The van der Waals surface area contributed by atoms with Crippen LogP contribution in [-0.4, -0.2) is 24.5 Å². The first-order valence-corrected chi connectivity index (χ1v) is 7.42. The van der Waals surface area contributed by atoms with Crippen LogP contribution >= 0.6 is 0 Å². The van der Waals surface area contributed by atoms with E-state index in [1.54, 1.807) is 0 Å². The van der Waals surface area contributed by atoms with Gasteiger partial charge in [-0.25, -0.2) is 0 Å². The Balaban J connectivity index is 3.06. The van der Waals surface area contributed by atoms with Gasteiger partial charge in [0.05, 0.1) is 0 Å². The lowest BCUT2D eigenvalue weighted by molar-refractivity contribution is 0.179. The van der Waals surface area contributed by atoms with Gasteiger partial charge in [0.1, 0.15) is 0 Å². The summed E-state index contributed by atoms with van der Waals surface area (Å²) in [5.74, 6) is 0. The van der Waals surface area contributed by atoms with Crippen LogP contribution in [0.25, 0.3) is 0 Å². The Morgan fingerprint density at radius 1 is 1.11 bits per heavy atom. The van der Waals surface area contributed by atoms with E-state index in [0.717, 1.165) is 0 Å². The third kappa shape index (κ3) is 3.80. The number of benzene rings is 1. The number of hydrogen-bond acceptors (Lipinski definition) is 2. The highest BCUT2D eigenvalue weighted by atomic mass is 15.2. The maximum Gasteiger partial charge on any atom is 0.0472 e. The monoisotopic (exact) mass is 262 g/mol. The number of rotatable bonds is 6. The Labute approximate surface area is 119 Å². The number of nitrogens with zero attached hydrogens (tertiary/aromatic N) is 1. The molecular formula is C17H30N2. The molecular weight excluding hydrogens is 232 g/mol. The molecule has 0 amide bonds. The number of nitrogens with two attached hydrogens (primary N) is 1. The van der Waals surface area contributed by atoms with Crippen LogP contribution in [0.2, 0.25) is 0 Å². The SMILES string of the molecule is CCCC(C)N(C)C(CN)c1cc(C)c(C)cc1C. The van der Waals surface area contributed by atoms with E-state index >= 15 is 0 Å². The van der Waals surface area contributed by atoms with Crippen LogP contribution in [0.4, 0.5) is 0 Å². The smallest absolute Gasteiger partial charge is 0.0472 e. The average molecular weight is 262 g/mol. The molecule has 2 unspecified atom stereocenters. The fourth-order valence-corrected chi connectivity index (χ4v) is 2.78. The quantitative estimate of drug-likeness (QED) is 0.846. The van der Waals surface area contributed by atoms with Crippen molar-refractivity contribution in [2.24, 2.45) is 5.73 Å². The largest absolute Gasteiger partial charge is 0.329 e. The highest BCUT2D eigenvalue weighted by molar-refractivity contribution is 5.38. The van der Waals surface area contributed by atoms with Gasteiger partial charge in [-0.2, -0.15) is 0 Å². The van der Waals surface area contributed by atoms with Gasteiger partial charge >= 0.3 is 0 Å². The van der Waals surface area contributed by atoms with Gasteiger partial charge in [-0.3, -0.25) is 4.90 Å². The fourth-order valence-electron chi connectivity index (χ4n) is 2.78. The number of likely N-dealkylation sites (N-methyl/N-ethyl adjacent to an activating group) is 1. The minimum Gasteiger partial charge on any atom is -0.329 e. The van der Waals surface area contributed by atoms with Gasteiger partial charge < -0.3 is 5.73 Å². The molecule has 1 aromatic rings. The van der Waals surface area contributed by atoms with Gasteiger partial charge in [-0.05, 0) is 63.4 Å². The summed E-state index contributed by atoms with van der Waals surface area (Å²) in [6.45, 7) is 11.8. The average Bonchev–Trinajstić information content (AvgIpc) is 2.36. The highest BCUT2D eigenvalue weighted by Gasteiger charge is 2.21. The lowest BCUT2D eigenvalue weighted by atomic mass is 9.94. The predicted octanol–water partition coefficient (Wildman–Crippen LogP) is 3.73. The molecule has 2 N–H and O–H groups in total. The maximum absolute atomic E-state index is 6.06. The van der Waals surface area contributed by atoms with Crippen LogP contribution in [0, 0.1) is 20.8 Å². The standard InChI is InChI=1S/C17H30N2/c1-7-8-15(5)19(6)17(11-18)16-10-13(3)12(2)9-14(16)4/h9-10,15,17H,7-8,11,18H2,1-6H3. The first-order valence-electron chi connectivity index (χ1n) is 7.42. The van der Waals surface area contributed by atoms with E-state index in [9.17, 15) is 0 Å². The Morgan fingerprint density at radius 3 is 2.21 bits per heavy atom. The Kier molecular flexibility index (Phi) is 6.02. The minimum absolute atomic E-state index is 0.320. The molecule has 0 aromatic heterocycles. The first-order chi connectivity index (χ1) is 8.92. The lowest BCUT2D eigenvalue weighted by Gasteiger charge is -2.34. The van der Waals surface area contributed by atoms with Gasteiger partial charge in [0.25, 0.3) is 0 Å². The molecule has 0 saturated carbocycles. The Bertz CT molecular complexity index is 412. The first kappa shape index (κ1) is 16.2. The van der Waals surface area contributed by atoms with Crippen LogP contribution in [0.1, 0.15) is 55.0 Å². The van der Waals surface area contributed by atoms with E-state index in [1.165, 1.54) is 35.1 Å². The van der Waals surface area contributed by atoms with Crippen molar-refractivity contribution in [2.75, 3.05) is 13.6 Å². The van der Waals surface area contributed by atoms with Crippen molar-refractivity contribution in [3.05, 3.63) is 34.4 Å². The molecule has 0 saturated heterocycles. The van der Waals surface area contributed by atoms with Crippen LogP contribution < -0.4 is 5.73 Å². The summed E-state index contributed by atoms with van der Waals surface area (Å²) in [4.78, 5) is 2.43. The third-order valence-corrected chi connectivity index (χ3v) is 4.36. The fraction of sp³-hybridized carbons (Fsp3) is 0.647. The Hall–Kier alpha value is -0.860. The van der Waals surface area contributed by atoms with E-state index in [2.05, 4.69) is 58.7 Å². The molecule has 0 spiro atoms. The summed E-state index contributed by atoms with van der Waals surface area (Å²) in [7, 11) is 2.20. The maximum atomic E-state index is 6.06. The third-order valence-electron chi connectivity index (χ3n) is 4.36. The number of aryl methyl sites for hydroxylation is 3. The molecule has 1 rings (SSSR count). The molecule has 0 aliphatic heterocycles. The zero-order chi connectivity index (χ0) is 14.6. The van der Waals surface area contributed by atoms with Crippen molar-refractivity contribution in [3.63, 3.8) is 0 Å². The molecule has 1 aromatic carbocycles. The van der Waals surface area contributed by atoms with Crippen molar-refractivity contribution >= 4 is 0 Å². The molecule has 2 nitrogen and oxygen atoms in total. The number of hydrogen-bond donors (Lipinski definition) is 1. The minimum atomic E-state index is 0.320. The van der Waals surface area contributed by atoms with Crippen molar-refractivity contribution in [1.82, 2.24) is 4.90 Å². The van der Waals surface area contributed by atoms with E-state index in [4.69, 9.17) is 5.73 Å². The van der Waals surface area contributed by atoms with E-state index in [1.807, 2.05) is 0 Å². The van der Waals surface area contributed by atoms with Crippen molar-refractivity contribution in [2.45, 2.75) is 59.5 Å². The lowest BCUT2D eigenvalue weighted by Crippen LogP contribution is -2.37. The predicted molar refractivity (Wildman–Crippen MR) is 84.6 cm³/mol. The molecule has 19 heavy (non-hydrogen) atoms. The Morgan fingerprint density at radius 2 is 1.68 bits per heavy atom. The molecule has 0 aliphatic carbocycles. The molecule has 0 aliphatic rings.